The quantitative estimate of drug-likeness (QED) is 0.168. The highest BCUT2D eigenvalue weighted by molar-refractivity contribution is 6.19. The summed E-state index contributed by atoms with van der Waals surface area (Å²) in [6.45, 7) is 0. The van der Waals surface area contributed by atoms with Crippen molar-refractivity contribution >= 4 is 65.4 Å². The number of hydrogen-bond acceptors (Lipinski definition) is 0. The summed E-state index contributed by atoms with van der Waals surface area (Å²) in [5, 5.41) is 7.55. The van der Waals surface area contributed by atoms with Crippen LogP contribution in [0.15, 0.2) is 212 Å². The molecule has 0 atom stereocenters. The Balaban J connectivity index is 1.04. The first-order valence-electron chi connectivity index (χ1n) is 19.6. The van der Waals surface area contributed by atoms with E-state index in [-0.39, 0.29) is 0 Å². The van der Waals surface area contributed by atoms with E-state index in [2.05, 4.69) is 226 Å². The SMILES string of the molecule is c1ccc(-c2cccc(-n3c4ccccc4c4c(-c5ccc(-n6c7ccccc7c7cc8c9ccccc9n(-c9ccccc9)c8cc76)cc5)cccc43)c2)cc1. The number of nitrogens with zero attached hydrogens (tertiary/aromatic N) is 3. The molecule has 266 valence electrons. The molecule has 57 heavy (non-hydrogen) atoms. The predicted molar refractivity (Wildman–Crippen MR) is 240 cm³/mol. The molecule has 3 aromatic heterocycles. The molecule has 0 saturated carbocycles. The Morgan fingerprint density at radius 2 is 0.702 bits per heavy atom. The van der Waals surface area contributed by atoms with E-state index in [1.54, 1.807) is 0 Å². The highest BCUT2D eigenvalue weighted by Gasteiger charge is 2.20. The Morgan fingerprint density at radius 1 is 0.228 bits per heavy atom. The first-order chi connectivity index (χ1) is 28.3. The van der Waals surface area contributed by atoms with E-state index in [1.165, 1.54) is 87.7 Å². The molecule has 12 rings (SSSR count). The molecule has 0 aliphatic carbocycles. The Hall–Kier alpha value is -7.62. The number of benzene rings is 9. The Labute approximate surface area is 329 Å². The lowest BCUT2D eigenvalue weighted by molar-refractivity contribution is 1.16. The molecule has 0 radical (unpaired) electrons. The van der Waals surface area contributed by atoms with Crippen molar-refractivity contribution in [2.45, 2.75) is 0 Å². The number of rotatable bonds is 5. The fraction of sp³-hybridized carbons (Fsp3) is 0. The zero-order valence-electron chi connectivity index (χ0n) is 31.0. The minimum absolute atomic E-state index is 1.14. The van der Waals surface area contributed by atoms with Crippen LogP contribution in [0.5, 0.6) is 0 Å². The van der Waals surface area contributed by atoms with Crippen molar-refractivity contribution in [3.8, 4) is 39.3 Å². The van der Waals surface area contributed by atoms with Crippen molar-refractivity contribution in [2.75, 3.05) is 0 Å². The average molecular weight is 726 g/mol. The van der Waals surface area contributed by atoms with Crippen molar-refractivity contribution < 1.29 is 0 Å². The molecule has 0 bridgehead atoms. The van der Waals surface area contributed by atoms with Crippen LogP contribution in [-0.2, 0) is 0 Å². The van der Waals surface area contributed by atoms with Gasteiger partial charge in [-0.3, -0.25) is 0 Å². The largest absolute Gasteiger partial charge is 0.309 e. The van der Waals surface area contributed by atoms with Crippen molar-refractivity contribution in [1.82, 2.24) is 13.7 Å². The summed E-state index contributed by atoms with van der Waals surface area (Å²) in [4.78, 5) is 0. The first-order valence-corrected chi connectivity index (χ1v) is 19.6. The van der Waals surface area contributed by atoms with Gasteiger partial charge in [0, 0.05) is 49.4 Å². The maximum absolute atomic E-state index is 2.44. The van der Waals surface area contributed by atoms with E-state index in [0.717, 1.165) is 17.1 Å². The lowest BCUT2D eigenvalue weighted by Crippen LogP contribution is -1.96. The number of hydrogen-bond donors (Lipinski definition) is 0. The van der Waals surface area contributed by atoms with Gasteiger partial charge in [-0.25, -0.2) is 0 Å². The Bertz CT molecular complexity index is 3490. The van der Waals surface area contributed by atoms with Crippen molar-refractivity contribution in [1.29, 1.82) is 0 Å². The smallest absolute Gasteiger partial charge is 0.0562 e. The van der Waals surface area contributed by atoms with E-state index in [0.29, 0.717) is 0 Å². The second-order valence-electron chi connectivity index (χ2n) is 14.9. The molecule has 0 saturated heterocycles. The third-order valence-electron chi connectivity index (χ3n) is 11.8. The molecule has 0 aliphatic heterocycles. The maximum Gasteiger partial charge on any atom is 0.0562 e. The van der Waals surface area contributed by atoms with Crippen LogP contribution >= 0.6 is 0 Å². The average Bonchev–Trinajstić information content (AvgIpc) is 3.92. The van der Waals surface area contributed by atoms with E-state index in [9.17, 15) is 0 Å². The fourth-order valence-corrected chi connectivity index (χ4v) is 9.35. The number of aromatic nitrogens is 3. The van der Waals surface area contributed by atoms with Gasteiger partial charge in [0.2, 0.25) is 0 Å². The minimum Gasteiger partial charge on any atom is -0.309 e. The standard InChI is InChI=1S/C54H35N3/c1-3-15-36(16-4-1)38-17-13-20-41(33-38)57-50-27-12-9-23-45(50)54-42(24-14-28-51(54)57)37-29-31-40(32-30-37)56-49-26-11-8-22-44(49)47-34-46-43-21-7-10-25-48(43)55(52(46)35-53(47)56)39-18-5-2-6-19-39/h1-35H. The summed E-state index contributed by atoms with van der Waals surface area (Å²) >= 11 is 0. The van der Waals surface area contributed by atoms with E-state index >= 15 is 0 Å². The molecule has 0 aliphatic rings. The van der Waals surface area contributed by atoms with Crippen LogP contribution in [0.4, 0.5) is 0 Å². The first kappa shape index (κ1) is 31.7. The van der Waals surface area contributed by atoms with Crippen LogP contribution < -0.4 is 0 Å². The van der Waals surface area contributed by atoms with Crippen LogP contribution in [0, 0.1) is 0 Å². The summed E-state index contributed by atoms with van der Waals surface area (Å²) in [7, 11) is 0. The summed E-state index contributed by atoms with van der Waals surface area (Å²) < 4.78 is 7.26. The topological polar surface area (TPSA) is 14.8 Å². The summed E-state index contributed by atoms with van der Waals surface area (Å²) in [5.41, 5.74) is 15.5. The third-order valence-corrected chi connectivity index (χ3v) is 11.8. The van der Waals surface area contributed by atoms with Gasteiger partial charge in [-0.05, 0) is 95.1 Å². The fourth-order valence-electron chi connectivity index (χ4n) is 9.35. The highest BCUT2D eigenvalue weighted by Crippen LogP contribution is 2.42. The summed E-state index contributed by atoms with van der Waals surface area (Å²) in [6, 6.07) is 77.4. The monoisotopic (exact) mass is 725 g/mol. The second-order valence-corrected chi connectivity index (χ2v) is 14.9. The zero-order valence-corrected chi connectivity index (χ0v) is 31.0. The molecule has 0 fully saturated rings. The van der Waals surface area contributed by atoms with Crippen molar-refractivity contribution in [3.63, 3.8) is 0 Å². The van der Waals surface area contributed by atoms with Crippen molar-refractivity contribution in [2.24, 2.45) is 0 Å². The van der Waals surface area contributed by atoms with Gasteiger partial charge in [0.25, 0.3) is 0 Å². The Kier molecular flexibility index (Phi) is 6.93. The van der Waals surface area contributed by atoms with E-state index < -0.39 is 0 Å². The van der Waals surface area contributed by atoms with E-state index in [1.807, 2.05) is 0 Å². The van der Waals surface area contributed by atoms with Crippen LogP contribution in [-0.4, -0.2) is 13.7 Å². The molecule has 3 nitrogen and oxygen atoms in total. The third kappa shape index (κ3) is 4.79. The maximum atomic E-state index is 2.44. The van der Waals surface area contributed by atoms with Gasteiger partial charge < -0.3 is 13.7 Å². The molecule has 0 spiro atoms. The molecule has 0 unspecified atom stereocenters. The molecule has 12 aromatic rings. The second kappa shape index (κ2) is 12.5. The van der Waals surface area contributed by atoms with Gasteiger partial charge in [-0.15, -0.1) is 0 Å². The van der Waals surface area contributed by atoms with Crippen LogP contribution in [0.1, 0.15) is 0 Å². The lowest BCUT2D eigenvalue weighted by Gasteiger charge is -2.12. The van der Waals surface area contributed by atoms with Gasteiger partial charge in [-0.1, -0.05) is 140 Å². The van der Waals surface area contributed by atoms with Crippen LogP contribution in [0.3, 0.4) is 0 Å². The zero-order chi connectivity index (χ0) is 37.5. The predicted octanol–water partition coefficient (Wildman–Crippen LogP) is 14.3. The van der Waals surface area contributed by atoms with Gasteiger partial charge in [-0.2, -0.15) is 0 Å². The number of fused-ring (bicyclic) bond motifs is 9. The molecule has 9 aromatic carbocycles. The number of para-hydroxylation sites is 4. The highest BCUT2D eigenvalue weighted by atomic mass is 15.0. The van der Waals surface area contributed by atoms with Gasteiger partial charge in [0.1, 0.15) is 0 Å². The van der Waals surface area contributed by atoms with Crippen LogP contribution in [0.25, 0.3) is 105 Å². The molecule has 3 heteroatoms. The summed E-state index contributed by atoms with van der Waals surface area (Å²) in [5.74, 6) is 0. The molecular weight excluding hydrogens is 691 g/mol. The minimum atomic E-state index is 1.14. The molecular formula is C54H35N3. The van der Waals surface area contributed by atoms with Crippen molar-refractivity contribution in [3.05, 3.63) is 212 Å². The van der Waals surface area contributed by atoms with Gasteiger partial charge in [0.15, 0.2) is 0 Å². The normalized spacial score (nSPS) is 11.9. The Morgan fingerprint density at radius 3 is 1.37 bits per heavy atom. The summed E-state index contributed by atoms with van der Waals surface area (Å²) in [6.07, 6.45) is 0. The lowest BCUT2D eigenvalue weighted by atomic mass is 9.99. The van der Waals surface area contributed by atoms with Gasteiger partial charge >= 0.3 is 0 Å². The molecule has 3 heterocycles. The van der Waals surface area contributed by atoms with E-state index in [4.69, 9.17) is 0 Å². The molecule has 0 N–H and O–H groups in total. The van der Waals surface area contributed by atoms with Gasteiger partial charge in [0.05, 0.1) is 33.1 Å². The molecule has 0 amide bonds. The van der Waals surface area contributed by atoms with Crippen LogP contribution in [0.2, 0.25) is 0 Å².